The Morgan fingerprint density at radius 2 is 2.19 bits per heavy atom. The monoisotopic (exact) mass is 218 g/mol. The highest BCUT2D eigenvalue weighted by Gasteiger charge is 2.18. The Labute approximate surface area is 90.3 Å². The third-order valence-corrected chi connectivity index (χ3v) is 1.96. The van der Waals surface area contributed by atoms with Gasteiger partial charge in [-0.05, 0) is 6.92 Å². The third kappa shape index (κ3) is 1.93. The fourth-order valence-electron chi connectivity index (χ4n) is 1.33. The van der Waals surface area contributed by atoms with Gasteiger partial charge in [0.1, 0.15) is 6.07 Å². The van der Waals surface area contributed by atoms with Crippen molar-refractivity contribution in [3.63, 3.8) is 0 Å². The molecule has 0 unspecified atom stereocenters. The first-order valence-electron chi connectivity index (χ1n) is 4.20. The van der Waals surface area contributed by atoms with E-state index in [0.29, 0.717) is 6.29 Å². The summed E-state index contributed by atoms with van der Waals surface area (Å²) in [5, 5.41) is 19.3. The van der Waals surface area contributed by atoms with Gasteiger partial charge in [-0.2, -0.15) is 5.26 Å². The summed E-state index contributed by atoms with van der Waals surface area (Å²) in [4.78, 5) is 31.7. The number of carbonyl (C=O) groups excluding carboxylic acids is 2. The van der Waals surface area contributed by atoms with Crippen LogP contribution in [0.15, 0.2) is 12.1 Å². The van der Waals surface area contributed by atoms with Crippen molar-refractivity contribution in [2.75, 3.05) is 0 Å². The van der Waals surface area contributed by atoms with E-state index >= 15 is 0 Å². The summed E-state index contributed by atoms with van der Waals surface area (Å²) < 4.78 is 0. The quantitative estimate of drug-likeness (QED) is 0.331. The molecule has 6 nitrogen and oxygen atoms in total. The number of ketones is 1. The molecule has 16 heavy (non-hydrogen) atoms. The first-order chi connectivity index (χ1) is 7.51. The summed E-state index contributed by atoms with van der Waals surface area (Å²) in [6, 6.07) is 3.62. The minimum absolute atomic E-state index is 0.0805. The van der Waals surface area contributed by atoms with Gasteiger partial charge in [-0.1, -0.05) is 0 Å². The number of Topliss-reactive ketones (excluding diaryl/α,β-unsaturated/α-hetero) is 1. The highest BCUT2D eigenvalue weighted by molar-refractivity contribution is 6.04. The Hall–Kier alpha value is -2.55. The predicted octanol–water partition coefficient (Wildman–Crippen LogP) is 1.48. The Morgan fingerprint density at radius 3 is 2.56 bits per heavy atom. The second-order valence-electron chi connectivity index (χ2n) is 3.00. The minimum atomic E-state index is -0.724. The molecule has 0 saturated carbocycles. The molecule has 0 amide bonds. The fraction of sp³-hybridized carbons (Fsp3) is 0.100. The van der Waals surface area contributed by atoms with Crippen molar-refractivity contribution in [1.29, 1.82) is 5.26 Å². The number of nitrogens with zero attached hydrogens (tertiary/aromatic N) is 2. The number of hydrogen-bond donors (Lipinski definition) is 0. The second-order valence-corrected chi connectivity index (χ2v) is 3.00. The highest BCUT2D eigenvalue weighted by Crippen LogP contribution is 2.21. The van der Waals surface area contributed by atoms with Crippen LogP contribution in [-0.4, -0.2) is 17.0 Å². The average molecular weight is 218 g/mol. The fourth-order valence-corrected chi connectivity index (χ4v) is 1.33. The number of nitriles is 1. The standard InChI is InChI=1S/C10H6N2O4/c1-6(14)10-7(4-11)2-9(12(15)16)3-8(10)5-13/h2-3,5H,1H3. The number of carbonyl (C=O) groups is 2. The molecule has 0 aromatic heterocycles. The molecular weight excluding hydrogens is 212 g/mol. The first kappa shape index (κ1) is 11.5. The molecule has 80 valence electrons. The molecule has 0 aliphatic heterocycles. The van der Waals surface area contributed by atoms with E-state index < -0.39 is 10.7 Å². The number of non-ortho nitro benzene ring substituents is 1. The third-order valence-electron chi connectivity index (χ3n) is 1.96. The minimum Gasteiger partial charge on any atom is -0.298 e. The van der Waals surface area contributed by atoms with Crippen LogP contribution in [0.1, 0.15) is 33.2 Å². The lowest BCUT2D eigenvalue weighted by Crippen LogP contribution is -2.04. The van der Waals surface area contributed by atoms with E-state index in [2.05, 4.69) is 0 Å². The Balaban J connectivity index is 3.63. The molecule has 0 aliphatic rings. The molecule has 0 fully saturated rings. The van der Waals surface area contributed by atoms with Crippen molar-refractivity contribution in [2.45, 2.75) is 6.92 Å². The van der Waals surface area contributed by atoms with Crippen molar-refractivity contribution in [2.24, 2.45) is 0 Å². The normalized spacial score (nSPS) is 9.25. The van der Waals surface area contributed by atoms with Gasteiger partial charge in [-0.25, -0.2) is 0 Å². The Bertz CT molecular complexity index is 528. The zero-order valence-electron chi connectivity index (χ0n) is 8.26. The molecular formula is C10H6N2O4. The molecule has 1 rings (SSSR count). The van der Waals surface area contributed by atoms with Crippen LogP contribution < -0.4 is 0 Å². The maximum atomic E-state index is 11.2. The van der Waals surface area contributed by atoms with Crippen molar-refractivity contribution in [1.82, 2.24) is 0 Å². The molecule has 0 N–H and O–H groups in total. The molecule has 0 aliphatic carbocycles. The topological polar surface area (TPSA) is 101 Å². The zero-order valence-corrected chi connectivity index (χ0v) is 8.26. The molecule has 1 aromatic carbocycles. The van der Waals surface area contributed by atoms with E-state index in [9.17, 15) is 19.7 Å². The van der Waals surface area contributed by atoms with Gasteiger partial charge in [0.25, 0.3) is 5.69 Å². The van der Waals surface area contributed by atoms with Crippen LogP contribution in [0.5, 0.6) is 0 Å². The predicted molar refractivity (Wildman–Crippen MR) is 53.2 cm³/mol. The summed E-state index contributed by atoms with van der Waals surface area (Å²) in [6.07, 6.45) is 0.324. The number of nitro benzene ring substituents is 1. The van der Waals surface area contributed by atoms with Gasteiger partial charge < -0.3 is 0 Å². The number of hydrogen-bond acceptors (Lipinski definition) is 5. The summed E-state index contributed by atoms with van der Waals surface area (Å²) >= 11 is 0. The van der Waals surface area contributed by atoms with Gasteiger partial charge in [0.2, 0.25) is 0 Å². The van der Waals surface area contributed by atoms with Crippen LogP contribution >= 0.6 is 0 Å². The Morgan fingerprint density at radius 1 is 1.56 bits per heavy atom. The van der Waals surface area contributed by atoms with E-state index in [4.69, 9.17) is 5.26 Å². The van der Waals surface area contributed by atoms with Crippen molar-refractivity contribution >= 4 is 17.8 Å². The number of rotatable bonds is 3. The molecule has 6 heteroatoms. The van der Waals surface area contributed by atoms with Gasteiger partial charge in [0.15, 0.2) is 12.1 Å². The zero-order chi connectivity index (χ0) is 12.3. The molecule has 1 aromatic rings. The Kier molecular flexibility index (Phi) is 3.11. The van der Waals surface area contributed by atoms with Gasteiger partial charge >= 0.3 is 0 Å². The lowest BCUT2D eigenvalue weighted by atomic mass is 9.98. The maximum absolute atomic E-state index is 11.2. The van der Waals surface area contributed by atoms with Gasteiger partial charge in [-0.15, -0.1) is 0 Å². The van der Waals surface area contributed by atoms with Crippen LogP contribution in [0.2, 0.25) is 0 Å². The summed E-state index contributed by atoms with van der Waals surface area (Å²) in [5.41, 5.74) is -0.770. The number of nitro groups is 1. The molecule has 0 radical (unpaired) electrons. The molecule has 0 atom stereocenters. The number of benzene rings is 1. The van der Waals surface area contributed by atoms with E-state index in [1.807, 2.05) is 0 Å². The summed E-state index contributed by atoms with van der Waals surface area (Å²) in [7, 11) is 0. The highest BCUT2D eigenvalue weighted by atomic mass is 16.6. The van der Waals surface area contributed by atoms with Crippen molar-refractivity contribution in [3.8, 4) is 6.07 Å². The lowest BCUT2D eigenvalue weighted by Gasteiger charge is -2.02. The smallest absolute Gasteiger partial charge is 0.271 e. The molecule has 0 bridgehead atoms. The van der Waals surface area contributed by atoms with Crippen LogP contribution in [0.3, 0.4) is 0 Å². The summed E-state index contributed by atoms with van der Waals surface area (Å²) in [5.74, 6) is -0.478. The van der Waals surface area contributed by atoms with E-state index in [1.54, 1.807) is 6.07 Å². The second kappa shape index (κ2) is 4.31. The SMILES string of the molecule is CC(=O)c1c(C#N)cc([N+](=O)[O-])cc1C=O. The van der Waals surface area contributed by atoms with Crippen LogP contribution in [0.4, 0.5) is 5.69 Å². The van der Waals surface area contributed by atoms with E-state index in [-0.39, 0.29) is 22.4 Å². The molecule has 0 spiro atoms. The average Bonchev–Trinajstić information content (AvgIpc) is 2.26. The lowest BCUT2D eigenvalue weighted by molar-refractivity contribution is -0.384. The van der Waals surface area contributed by atoms with Gasteiger partial charge in [0.05, 0.1) is 10.5 Å². The van der Waals surface area contributed by atoms with Crippen LogP contribution in [-0.2, 0) is 0 Å². The van der Waals surface area contributed by atoms with Gasteiger partial charge in [0, 0.05) is 23.3 Å². The largest absolute Gasteiger partial charge is 0.298 e. The van der Waals surface area contributed by atoms with Gasteiger partial charge in [-0.3, -0.25) is 19.7 Å². The first-order valence-corrected chi connectivity index (χ1v) is 4.20. The van der Waals surface area contributed by atoms with Crippen LogP contribution in [0, 0.1) is 21.4 Å². The van der Waals surface area contributed by atoms with Crippen molar-refractivity contribution in [3.05, 3.63) is 38.9 Å². The summed E-state index contributed by atoms with van der Waals surface area (Å²) in [6.45, 7) is 1.19. The maximum Gasteiger partial charge on any atom is 0.271 e. The van der Waals surface area contributed by atoms with E-state index in [1.165, 1.54) is 6.92 Å². The van der Waals surface area contributed by atoms with E-state index in [0.717, 1.165) is 12.1 Å². The molecule has 0 saturated heterocycles. The van der Waals surface area contributed by atoms with Crippen molar-refractivity contribution < 1.29 is 14.5 Å². The molecule has 0 heterocycles. The van der Waals surface area contributed by atoms with Crippen LogP contribution in [0.25, 0.3) is 0 Å². The number of aldehydes is 1.